The molecule has 6 heteroatoms. The standard InChI is InChI=1S/C19H22FN3O2/c1-2-23-11-3-4-15(23)12-21-18(24)16-9-10-17(22-19(16)25)13-5-7-14(20)8-6-13/h5-10,15H,2-4,11-12H2,1H3,(H,21,24)(H,22,25). The van der Waals surface area contributed by atoms with Crippen LogP contribution in [0.2, 0.25) is 0 Å². The molecule has 1 saturated heterocycles. The third kappa shape index (κ3) is 3.96. The van der Waals surface area contributed by atoms with Gasteiger partial charge in [0.1, 0.15) is 11.4 Å². The van der Waals surface area contributed by atoms with Crippen molar-refractivity contribution in [2.45, 2.75) is 25.8 Å². The molecule has 0 saturated carbocycles. The number of amides is 1. The van der Waals surface area contributed by atoms with Crippen molar-refractivity contribution in [3.05, 3.63) is 58.1 Å². The molecular formula is C19H22FN3O2. The van der Waals surface area contributed by atoms with Gasteiger partial charge in [-0.3, -0.25) is 14.5 Å². The fraction of sp³-hybridized carbons (Fsp3) is 0.368. The van der Waals surface area contributed by atoms with Gasteiger partial charge >= 0.3 is 0 Å². The van der Waals surface area contributed by atoms with Crippen LogP contribution in [0.25, 0.3) is 11.3 Å². The average Bonchev–Trinajstić information content (AvgIpc) is 3.08. The van der Waals surface area contributed by atoms with Gasteiger partial charge in [0.25, 0.3) is 11.5 Å². The first-order valence-electron chi connectivity index (χ1n) is 8.60. The van der Waals surface area contributed by atoms with E-state index in [9.17, 15) is 14.0 Å². The van der Waals surface area contributed by atoms with E-state index < -0.39 is 5.56 Å². The maximum atomic E-state index is 13.0. The Kier molecular flexibility index (Phi) is 5.28. The predicted molar refractivity (Wildman–Crippen MR) is 95.1 cm³/mol. The summed E-state index contributed by atoms with van der Waals surface area (Å²) in [6.07, 6.45) is 2.20. The summed E-state index contributed by atoms with van der Waals surface area (Å²) in [4.78, 5) is 29.6. The van der Waals surface area contributed by atoms with E-state index in [1.807, 2.05) is 0 Å². The molecule has 0 spiro atoms. The lowest BCUT2D eigenvalue weighted by molar-refractivity contribution is 0.0940. The molecule has 1 amide bonds. The normalized spacial score (nSPS) is 17.6. The van der Waals surface area contributed by atoms with Crippen LogP contribution in [-0.2, 0) is 0 Å². The highest BCUT2D eigenvalue weighted by molar-refractivity contribution is 5.94. The lowest BCUT2D eigenvalue weighted by Gasteiger charge is -2.22. The molecular weight excluding hydrogens is 321 g/mol. The summed E-state index contributed by atoms with van der Waals surface area (Å²) in [6, 6.07) is 9.34. The number of nitrogens with one attached hydrogen (secondary N) is 2. The summed E-state index contributed by atoms with van der Waals surface area (Å²) in [6.45, 7) is 4.68. The van der Waals surface area contributed by atoms with Gasteiger partial charge < -0.3 is 10.3 Å². The summed E-state index contributed by atoms with van der Waals surface area (Å²) in [5.74, 6) is -0.704. The summed E-state index contributed by atoms with van der Waals surface area (Å²) in [5.41, 5.74) is 0.884. The second kappa shape index (κ2) is 7.61. The Balaban J connectivity index is 1.69. The third-order valence-electron chi connectivity index (χ3n) is 4.71. The molecule has 132 valence electrons. The van der Waals surface area contributed by atoms with E-state index in [0.29, 0.717) is 23.8 Å². The molecule has 0 aliphatic carbocycles. The molecule has 1 aromatic carbocycles. The van der Waals surface area contributed by atoms with Crippen LogP contribution in [0.5, 0.6) is 0 Å². The Bertz CT molecular complexity index is 801. The van der Waals surface area contributed by atoms with Gasteiger partial charge in [0.05, 0.1) is 0 Å². The second-order valence-electron chi connectivity index (χ2n) is 6.26. The van der Waals surface area contributed by atoms with Crippen molar-refractivity contribution in [3.8, 4) is 11.3 Å². The molecule has 2 N–H and O–H groups in total. The van der Waals surface area contributed by atoms with Crippen molar-refractivity contribution in [2.24, 2.45) is 0 Å². The summed E-state index contributed by atoms with van der Waals surface area (Å²) >= 11 is 0. The maximum Gasteiger partial charge on any atom is 0.261 e. The average molecular weight is 343 g/mol. The Morgan fingerprint density at radius 3 is 2.72 bits per heavy atom. The highest BCUT2D eigenvalue weighted by Gasteiger charge is 2.23. The Morgan fingerprint density at radius 2 is 2.04 bits per heavy atom. The first-order chi connectivity index (χ1) is 12.1. The minimum absolute atomic E-state index is 0.0897. The number of hydrogen-bond acceptors (Lipinski definition) is 3. The van der Waals surface area contributed by atoms with Gasteiger partial charge in [0.15, 0.2) is 0 Å². The summed E-state index contributed by atoms with van der Waals surface area (Å²) < 4.78 is 13.0. The van der Waals surface area contributed by atoms with E-state index in [2.05, 4.69) is 22.1 Å². The molecule has 2 aromatic rings. The van der Waals surface area contributed by atoms with Gasteiger partial charge in [-0.05, 0) is 67.9 Å². The molecule has 0 bridgehead atoms. The molecule has 1 aliphatic heterocycles. The van der Waals surface area contributed by atoms with Gasteiger partial charge in [-0.25, -0.2) is 4.39 Å². The van der Waals surface area contributed by atoms with Crippen LogP contribution in [0, 0.1) is 5.82 Å². The van der Waals surface area contributed by atoms with Gasteiger partial charge in [-0.2, -0.15) is 0 Å². The molecule has 1 aliphatic rings. The highest BCUT2D eigenvalue weighted by Crippen LogP contribution is 2.17. The number of carbonyl (C=O) groups is 1. The zero-order valence-electron chi connectivity index (χ0n) is 14.2. The van der Waals surface area contributed by atoms with Gasteiger partial charge in [0.2, 0.25) is 0 Å². The minimum Gasteiger partial charge on any atom is -0.350 e. The largest absolute Gasteiger partial charge is 0.350 e. The Hall–Kier alpha value is -2.47. The molecule has 25 heavy (non-hydrogen) atoms. The molecule has 2 heterocycles. The van der Waals surface area contributed by atoms with Gasteiger partial charge in [-0.15, -0.1) is 0 Å². The number of likely N-dealkylation sites (N-methyl/N-ethyl adjacent to an activating group) is 1. The van der Waals surface area contributed by atoms with Crippen LogP contribution in [0.15, 0.2) is 41.2 Å². The first kappa shape index (κ1) is 17.4. The van der Waals surface area contributed by atoms with E-state index in [4.69, 9.17) is 0 Å². The molecule has 1 fully saturated rings. The molecule has 1 unspecified atom stereocenters. The fourth-order valence-electron chi connectivity index (χ4n) is 3.30. The Morgan fingerprint density at radius 1 is 1.28 bits per heavy atom. The first-order valence-corrected chi connectivity index (χ1v) is 8.60. The van der Waals surface area contributed by atoms with Crippen LogP contribution < -0.4 is 10.9 Å². The van der Waals surface area contributed by atoms with E-state index in [0.717, 1.165) is 25.9 Å². The van der Waals surface area contributed by atoms with Crippen LogP contribution in [0.3, 0.4) is 0 Å². The quantitative estimate of drug-likeness (QED) is 0.876. The predicted octanol–water partition coefficient (Wildman–Crippen LogP) is 2.40. The number of hydrogen-bond donors (Lipinski definition) is 2. The molecule has 5 nitrogen and oxygen atoms in total. The van der Waals surface area contributed by atoms with E-state index >= 15 is 0 Å². The SMILES string of the molecule is CCN1CCCC1CNC(=O)c1ccc(-c2ccc(F)cc2)[nH]c1=O. The molecule has 0 radical (unpaired) electrons. The number of aromatic amines is 1. The van der Waals surface area contributed by atoms with Crippen LogP contribution >= 0.6 is 0 Å². The van der Waals surface area contributed by atoms with E-state index in [1.165, 1.54) is 18.2 Å². The molecule has 1 aromatic heterocycles. The summed E-state index contributed by atoms with van der Waals surface area (Å²) in [7, 11) is 0. The second-order valence-corrected chi connectivity index (χ2v) is 6.26. The Labute approximate surface area is 145 Å². The molecule has 1 atom stereocenters. The number of aromatic nitrogens is 1. The number of nitrogens with zero attached hydrogens (tertiary/aromatic N) is 1. The maximum absolute atomic E-state index is 13.0. The number of likely N-dealkylation sites (tertiary alicyclic amines) is 1. The van der Waals surface area contributed by atoms with Crippen LogP contribution in [0.1, 0.15) is 30.1 Å². The number of benzene rings is 1. The van der Waals surface area contributed by atoms with Crippen LogP contribution in [0.4, 0.5) is 4.39 Å². The monoisotopic (exact) mass is 343 g/mol. The van der Waals surface area contributed by atoms with Crippen molar-refractivity contribution < 1.29 is 9.18 Å². The zero-order chi connectivity index (χ0) is 17.8. The lowest BCUT2D eigenvalue weighted by atomic mass is 10.1. The lowest BCUT2D eigenvalue weighted by Crippen LogP contribution is -2.41. The van der Waals surface area contributed by atoms with Crippen molar-refractivity contribution in [1.82, 2.24) is 15.2 Å². The molecule has 3 rings (SSSR count). The smallest absolute Gasteiger partial charge is 0.261 e. The van der Waals surface area contributed by atoms with E-state index in [1.54, 1.807) is 18.2 Å². The third-order valence-corrected chi connectivity index (χ3v) is 4.71. The number of carbonyl (C=O) groups excluding carboxylic acids is 1. The van der Waals surface area contributed by atoms with Gasteiger partial charge in [0, 0.05) is 18.3 Å². The van der Waals surface area contributed by atoms with Crippen molar-refractivity contribution >= 4 is 5.91 Å². The topological polar surface area (TPSA) is 65.2 Å². The van der Waals surface area contributed by atoms with Crippen molar-refractivity contribution in [3.63, 3.8) is 0 Å². The van der Waals surface area contributed by atoms with Crippen LogP contribution in [-0.4, -0.2) is 41.5 Å². The fourth-order valence-corrected chi connectivity index (χ4v) is 3.30. The summed E-state index contributed by atoms with van der Waals surface area (Å²) in [5, 5.41) is 2.86. The number of halogens is 1. The number of rotatable bonds is 5. The van der Waals surface area contributed by atoms with Crippen molar-refractivity contribution in [1.29, 1.82) is 0 Å². The van der Waals surface area contributed by atoms with E-state index in [-0.39, 0.29) is 17.3 Å². The zero-order valence-corrected chi connectivity index (χ0v) is 14.2. The number of H-pyrrole nitrogens is 1. The van der Waals surface area contributed by atoms with Gasteiger partial charge in [-0.1, -0.05) is 6.92 Å². The number of pyridine rings is 1. The van der Waals surface area contributed by atoms with Crippen molar-refractivity contribution in [2.75, 3.05) is 19.6 Å². The highest BCUT2D eigenvalue weighted by atomic mass is 19.1. The minimum atomic E-state index is -0.446.